The van der Waals surface area contributed by atoms with Gasteiger partial charge in [-0.25, -0.2) is 4.39 Å². The van der Waals surface area contributed by atoms with Gasteiger partial charge in [-0.05, 0) is 36.8 Å². The van der Waals surface area contributed by atoms with Crippen LogP contribution < -0.4 is 10.1 Å². The molecule has 2 rings (SSSR count). The number of thiol groups is 1. The molecule has 1 N–H and O–H groups in total. The van der Waals surface area contributed by atoms with Crippen molar-refractivity contribution in [2.24, 2.45) is 0 Å². The van der Waals surface area contributed by atoms with Gasteiger partial charge < -0.3 is 10.1 Å². The van der Waals surface area contributed by atoms with E-state index >= 15 is 0 Å². The molecule has 2 aromatic carbocycles. The highest BCUT2D eigenvalue weighted by atomic mass is 35.5. The third-order valence-corrected chi connectivity index (χ3v) is 3.61. The highest BCUT2D eigenvalue weighted by Gasteiger charge is 2.15. The molecule has 0 bridgehead atoms. The zero-order valence-corrected chi connectivity index (χ0v) is 13.1. The summed E-state index contributed by atoms with van der Waals surface area (Å²) in [5, 5.41) is 3.14. The molecule has 0 aliphatic heterocycles. The van der Waals surface area contributed by atoms with Crippen molar-refractivity contribution in [1.29, 1.82) is 0 Å². The van der Waals surface area contributed by atoms with Crippen LogP contribution in [-0.2, 0) is 0 Å². The first-order valence-electron chi connectivity index (χ1n) is 6.06. The van der Waals surface area contributed by atoms with Crippen molar-refractivity contribution in [3.05, 3.63) is 52.3 Å². The van der Waals surface area contributed by atoms with Crippen LogP contribution in [-0.4, -0.2) is 13.0 Å². The molecular formula is C15H13ClFNO2S. The lowest BCUT2D eigenvalue weighted by atomic mass is 10.1. The number of halogens is 2. The first-order valence-corrected chi connectivity index (χ1v) is 6.89. The standard InChI is InChI=1S/C15H13ClFNO2S/c1-8-5-13(14(20-2)7-11(8)16)18-15(19)10-6-9(21)3-4-12(10)17/h3-7,21H,1-2H3,(H,18,19). The molecule has 0 aliphatic carbocycles. The minimum absolute atomic E-state index is 0.0860. The Hall–Kier alpha value is -1.72. The van der Waals surface area contributed by atoms with E-state index in [4.69, 9.17) is 16.3 Å². The molecule has 0 atom stereocenters. The van der Waals surface area contributed by atoms with Gasteiger partial charge in [0, 0.05) is 16.0 Å². The van der Waals surface area contributed by atoms with Crippen LogP contribution >= 0.6 is 24.2 Å². The van der Waals surface area contributed by atoms with Gasteiger partial charge in [-0.15, -0.1) is 12.6 Å². The summed E-state index contributed by atoms with van der Waals surface area (Å²) >= 11 is 10.1. The molecule has 6 heteroatoms. The quantitative estimate of drug-likeness (QED) is 0.824. The molecule has 0 heterocycles. The van der Waals surface area contributed by atoms with E-state index in [1.165, 1.54) is 25.3 Å². The minimum Gasteiger partial charge on any atom is -0.495 e. The fraction of sp³-hybridized carbons (Fsp3) is 0.133. The predicted octanol–water partition coefficient (Wildman–Crippen LogP) is 4.34. The minimum atomic E-state index is -0.616. The molecule has 0 fully saturated rings. The van der Waals surface area contributed by atoms with E-state index < -0.39 is 11.7 Å². The average molecular weight is 326 g/mol. The van der Waals surface area contributed by atoms with E-state index in [-0.39, 0.29) is 5.56 Å². The lowest BCUT2D eigenvalue weighted by Gasteiger charge is -2.12. The van der Waals surface area contributed by atoms with Crippen LogP contribution in [0.1, 0.15) is 15.9 Å². The van der Waals surface area contributed by atoms with Crippen molar-refractivity contribution in [3.63, 3.8) is 0 Å². The number of carbonyl (C=O) groups excluding carboxylic acids is 1. The second-order valence-corrected chi connectivity index (χ2v) is 5.34. The summed E-state index contributed by atoms with van der Waals surface area (Å²) in [6, 6.07) is 7.30. The summed E-state index contributed by atoms with van der Waals surface area (Å²) < 4.78 is 18.9. The molecule has 0 radical (unpaired) electrons. The number of anilines is 1. The molecule has 0 saturated heterocycles. The Labute approximate surface area is 132 Å². The highest BCUT2D eigenvalue weighted by Crippen LogP contribution is 2.31. The van der Waals surface area contributed by atoms with Gasteiger partial charge in [-0.2, -0.15) is 0 Å². The first kappa shape index (κ1) is 15.7. The van der Waals surface area contributed by atoms with Crippen molar-refractivity contribution < 1.29 is 13.9 Å². The molecule has 0 spiro atoms. The van der Waals surface area contributed by atoms with Gasteiger partial charge in [0.15, 0.2) is 0 Å². The van der Waals surface area contributed by atoms with Gasteiger partial charge in [0.2, 0.25) is 0 Å². The number of aryl methyl sites for hydroxylation is 1. The Morgan fingerprint density at radius 3 is 2.71 bits per heavy atom. The molecular weight excluding hydrogens is 313 g/mol. The predicted molar refractivity (Wildman–Crippen MR) is 84.3 cm³/mol. The van der Waals surface area contributed by atoms with E-state index in [1.807, 2.05) is 0 Å². The third kappa shape index (κ3) is 3.49. The Kier molecular flexibility index (Phi) is 4.75. The van der Waals surface area contributed by atoms with Gasteiger partial charge in [-0.3, -0.25) is 4.79 Å². The Bertz CT molecular complexity index is 706. The topological polar surface area (TPSA) is 38.3 Å². The number of hydrogen-bond acceptors (Lipinski definition) is 3. The van der Waals surface area contributed by atoms with Gasteiger partial charge in [0.1, 0.15) is 11.6 Å². The van der Waals surface area contributed by atoms with E-state index in [0.717, 1.165) is 5.56 Å². The normalized spacial score (nSPS) is 10.3. The maximum atomic E-state index is 13.7. The Morgan fingerprint density at radius 2 is 2.05 bits per heavy atom. The summed E-state index contributed by atoms with van der Waals surface area (Å²) in [6.07, 6.45) is 0. The number of hydrogen-bond donors (Lipinski definition) is 2. The van der Waals surface area contributed by atoms with Crippen LogP contribution in [0.2, 0.25) is 5.02 Å². The number of ether oxygens (including phenoxy) is 1. The van der Waals surface area contributed by atoms with Crippen LogP contribution in [0.3, 0.4) is 0 Å². The molecule has 1 amide bonds. The maximum Gasteiger partial charge on any atom is 0.258 e. The first-order chi connectivity index (χ1) is 9.92. The summed E-state index contributed by atoms with van der Waals surface area (Å²) in [4.78, 5) is 12.7. The Morgan fingerprint density at radius 1 is 1.33 bits per heavy atom. The molecule has 0 aromatic heterocycles. The molecule has 110 valence electrons. The summed E-state index contributed by atoms with van der Waals surface area (Å²) in [5.41, 5.74) is 1.11. The van der Waals surface area contributed by atoms with Gasteiger partial charge >= 0.3 is 0 Å². The number of methoxy groups -OCH3 is 1. The second-order valence-electron chi connectivity index (χ2n) is 4.42. The van der Waals surface area contributed by atoms with Gasteiger partial charge in [-0.1, -0.05) is 11.6 Å². The van der Waals surface area contributed by atoms with Crippen molar-refractivity contribution >= 4 is 35.8 Å². The number of nitrogens with one attached hydrogen (secondary N) is 1. The van der Waals surface area contributed by atoms with Crippen LogP contribution in [0.25, 0.3) is 0 Å². The lowest BCUT2D eigenvalue weighted by Crippen LogP contribution is -2.14. The van der Waals surface area contributed by atoms with Crippen LogP contribution in [0, 0.1) is 12.7 Å². The number of rotatable bonds is 3. The van der Waals surface area contributed by atoms with Crippen LogP contribution in [0.5, 0.6) is 5.75 Å². The zero-order chi connectivity index (χ0) is 15.6. The Balaban J connectivity index is 2.35. The fourth-order valence-corrected chi connectivity index (χ4v) is 2.16. The number of carbonyl (C=O) groups is 1. The number of amides is 1. The van der Waals surface area contributed by atoms with E-state index in [1.54, 1.807) is 19.1 Å². The number of benzene rings is 2. The molecule has 0 unspecified atom stereocenters. The zero-order valence-electron chi connectivity index (χ0n) is 11.4. The molecule has 0 saturated carbocycles. The summed E-state index contributed by atoms with van der Waals surface area (Å²) in [6.45, 7) is 1.80. The SMILES string of the molecule is COc1cc(Cl)c(C)cc1NC(=O)c1cc(S)ccc1F. The highest BCUT2D eigenvalue weighted by molar-refractivity contribution is 7.80. The molecule has 0 aliphatic rings. The molecule has 21 heavy (non-hydrogen) atoms. The monoisotopic (exact) mass is 325 g/mol. The fourth-order valence-electron chi connectivity index (χ4n) is 1.81. The lowest BCUT2D eigenvalue weighted by molar-refractivity contribution is 0.102. The van der Waals surface area contributed by atoms with Crippen molar-refractivity contribution in [3.8, 4) is 5.75 Å². The smallest absolute Gasteiger partial charge is 0.258 e. The van der Waals surface area contributed by atoms with Crippen molar-refractivity contribution in [1.82, 2.24) is 0 Å². The van der Waals surface area contributed by atoms with E-state index in [2.05, 4.69) is 17.9 Å². The van der Waals surface area contributed by atoms with E-state index in [0.29, 0.717) is 21.4 Å². The van der Waals surface area contributed by atoms with Gasteiger partial charge in [0.25, 0.3) is 5.91 Å². The van der Waals surface area contributed by atoms with Crippen LogP contribution in [0.15, 0.2) is 35.2 Å². The van der Waals surface area contributed by atoms with Crippen molar-refractivity contribution in [2.75, 3.05) is 12.4 Å². The summed E-state index contributed by atoms with van der Waals surface area (Å²) in [5.74, 6) is -0.792. The third-order valence-electron chi connectivity index (χ3n) is 2.92. The maximum absolute atomic E-state index is 13.7. The molecule has 3 nitrogen and oxygen atoms in total. The second kappa shape index (κ2) is 6.37. The van der Waals surface area contributed by atoms with Gasteiger partial charge in [0.05, 0.1) is 18.4 Å². The summed E-state index contributed by atoms with van der Waals surface area (Å²) in [7, 11) is 1.46. The average Bonchev–Trinajstić information content (AvgIpc) is 2.45. The molecule has 2 aromatic rings. The van der Waals surface area contributed by atoms with E-state index in [9.17, 15) is 9.18 Å². The largest absolute Gasteiger partial charge is 0.495 e. The van der Waals surface area contributed by atoms with Crippen LogP contribution in [0.4, 0.5) is 10.1 Å². The van der Waals surface area contributed by atoms with Crippen molar-refractivity contribution in [2.45, 2.75) is 11.8 Å².